The molecule has 21 heavy (non-hydrogen) atoms. The molecule has 0 spiro atoms. The average molecular weight is 328 g/mol. The Labute approximate surface area is 131 Å². The summed E-state index contributed by atoms with van der Waals surface area (Å²) in [5, 5.41) is 4.88. The molecule has 0 saturated carbocycles. The predicted molar refractivity (Wildman–Crippen MR) is 83.0 cm³/mol. The van der Waals surface area contributed by atoms with Gasteiger partial charge in [-0.05, 0) is 24.9 Å². The summed E-state index contributed by atoms with van der Waals surface area (Å²) in [6.45, 7) is 2.14. The van der Waals surface area contributed by atoms with E-state index in [2.05, 4.69) is 10.3 Å². The van der Waals surface area contributed by atoms with Crippen LogP contribution in [0.15, 0.2) is 11.5 Å². The van der Waals surface area contributed by atoms with Gasteiger partial charge in [0.2, 0.25) is 5.91 Å². The summed E-state index contributed by atoms with van der Waals surface area (Å²) in [5.41, 5.74) is 0.898. The van der Waals surface area contributed by atoms with Gasteiger partial charge in [-0.1, -0.05) is 6.08 Å². The van der Waals surface area contributed by atoms with E-state index in [1.54, 1.807) is 5.38 Å². The number of carbonyl (C=O) groups excluding carboxylic acids is 2. The van der Waals surface area contributed by atoms with Crippen molar-refractivity contribution >= 4 is 46.0 Å². The second-order valence-electron chi connectivity index (χ2n) is 4.39. The molecule has 1 amide bonds. The van der Waals surface area contributed by atoms with Crippen molar-refractivity contribution in [3.8, 4) is 0 Å². The summed E-state index contributed by atoms with van der Waals surface area (Å²) in [7, 11) is 1.34. The van der Waals surface area contributed by atoms with Crippen molar-refractivity contribution in [1.82, 2.24) is 4.98 Å². The van der Waals surface area contributed by atoms with Gasteiger partial charge < -0.3 is 14.2 Å². The number of esters is 1. The van der Waals surface area contributed by atoms with E-state index in [0.29, 0.717) is 16.4 Å². The first-order valence-electron chi connectivity index (χ1n) is 6.42. The molecule has 0 bridgehead atoms. The van der Waals surface area contributed by atoms with Crippen molar-refractivity contribution in [3.63, 3.8) is 0 Å². The standard InChI is InChI=1S/C13H16N2O4S2/c1-8(16)14-13-15-11(7-20-13)10(12(17)18-2)6-9-4-3-5-19-21-9/h6-7,9H,3-5H2,1-2H3,(H,14,15,16)/b10-6-. The van der Waals surface area contributed by atoms with Gasteiger partial charge in [-0.25, -0.2) is 9.78 Å². The van der Waals surface area contributed by atoms with Crippen LogP contribution in [-0.2, 0) is 18.5 Å². The molecule has 1 atom stereocenters. The fourth-order valence-corrected chi connectivity index (χ4v) is 3.40. The lowest BCUT2D eigenvalue weighted by atomic mass is 10.1. The molecular formula is C13H16N2O4S2. The highest BCUT2D eigenvalue weighted by molar-refractivity contribution is 7.95. The maximum absolute atomic E-state index is 12.0. The van der Waals surface area contributed by atoms with Crippen molar-refractivity contribution in [3.05, 3.63) is 17.2 Å². The van der Waals surface area contributed by atoms with Gasteiger partial charge in [0.05, 0.1) is 30.2 Å². The lowest BCUT2D eigenvalue weighted by Crippen LogP contribution is -2.12. The minimum absolute atomic E-state index is 0.0961. The number of amides is 1. The molecular weight excluding hydrogens is 312 g/mol. The number of methoxy groups -OCH3 is 1. The zero-order valence-corrected chi connectivity index (χ0v) is 13.4. The van der Waals surface area contributed by atoms with E-state index >= 15 is 0 Å². The molecule has 0 aliphatic carbocycles. The highest BCUT2D eigenvalue weighted by atomic mass is 32.2. The van der Waals surface area contributed by atoms with E-state index < -0.39 is 5.97 Å². The van der Waals surface area contributed by atoms with E-state index in [1.807, 2.05) is 6.08 Å². The predicted octanol–water partition coefficient (Wildman–Crippen LogP) is 2.49. The maximum atomic E-state index is 12.0. The lowest BCUT2D eigenvalue weighted by Gasteiger charge is -2.18. The van der Waals surface area contributed by atoms with E-state index in [0.717, 1.165) is 19.4 Å². The minimum atomic E-state index is -0.444. The summed E-state index contributed by atoms with van der Waals surface area (Å²) in [4.78, 5) is 27.2. The third-order valence-corrected chi connectivity index (χ3v) is 4.41. The Balaban J connectivity index is 2.22. The molecule has 1 fully saturated rings. The Morgan fingerprint density at radius 1 is 1.57 bits per heavy atom. The van der Waals surface area contributed by atoms with Gasteiger partial charge in [-0.3, -0.25) is 4.79 Å². The average Bonchev–Trinajstić information content (AvgIpc) is 2.92. The summed E-state index contributed by atoms with van der Waals surface area (Å²) in [5.74, 6) is -0.642. The van der Waals surface area contributed by atoms with Gasteiger partial charge in [0.15, 0.2) is 5.13 Å². The first-order valence-corrected chi connectivity index (χ1v) is 8.10. The number of nitrogens with zero attached hydrogens (tertiary/aromatic N) is 1. The summed E-state index contributed by atoms with van der Waals surface area (Å²) < 4.78 is 10.2. The molecule has 1 N–H and O–H groups in total. The quantitative estimate of drug-likeness (QED) is 0.520. The summed E-state index contributed by atoms with van der Waals surface area (Å²) >= 11 is 2.62. The van der Waals surface area contributed by atoms with Crippen molar-refractivity contribution < 1.29 is 18.5 Å². The zero-order valence-electron chi connectivity index (χ0n) is 11.8. The fourth-order valence-electron chi connectivity index (χ4n) is 1.80. The molecule has 1 aromatic rings. The third kappa shape index (κ3) is 4.55. The van der Waals surface area contributed by atoms with E-state index in [-0.39, 0.29) is 11.2 Å². The first kappa shape index (κ1) is 16.0. The normalized spacial score (nSPS) is 19.1. The molecule has 1 aliphatic rings. The monoisotopic (exact) mass is 328 g/mol. The second-order valence-corrected chi connectivity index (χ2v) is 6.28. The van der Waals surface area contributed by atoms with Crippen LogP contribution in [0, 0.1) is 0 Å². The van der Waals surface area contributed by atoms with Crippen molar-refractivity contribution in [2.45, 2.75) is 25.0 Å². The van der Waals surface area contributed by atoms with Crippen LogP contribution in [0.1, 0.15) is 25.5 Å². The summed E-state index contributed by atoms with van der Waals surface area (Å²) in [6.07, 6.45) is 3.72. The molecule has 2 rings (SSSR count). The van der Waals surface area contributed by atoms with Crippen LogP contribution >= 0.6 is 23.4 Å². The van der Waals surface area contributed by atoms with E-state index in [9.17, 15) is 9.59 Å². The smallest absolute Gasteiger partial charge is 0.339 e. The Morgan fingerprint density at radius 3 is 3.00 bits per heavy atom. The Bertz CT molecular complexity index is 550. The molecule has 1 saturated heterocycles. The van der Waals surface area contributed by atoms with Gasteiger partial charge in [0.25, 0.3) is 0 Å². The molecule has 114 valence electrons. The van der Waals surface area contributed by atoms with Crippen LogP contribution < -0.4 is 5.32 Å². The highest BCUT2D eigenvalue weighted by Gasteiger charge is 2.21. The maximum Gasteiger partial charge on any atom is 0.339 e. The Morgan fingerprint density at radius 2 is 2.38 bits per heavy atom. The van der Waals surface area contributed by atoms with Crippen LogP contribution in [0.4, 0.5) is 5.13 Å². The van der Waals surface area contributed by atoms with Gasteiger partial charge in [-0.2, -0.15) is 0 Å². The van der Waals surface area contributed by atoms with Crippen LogP contribution in [0.2, 0.25) is 0 Å². The topological polar surface area (TPSA) is 77.5 Å². The number of anilines is 1. The fraction of sp³-hybridized carbons (Fsp3) is 0.462. The number of aromatic nitrogens is 1. The number of hydrogen-bond donors (Lipinski definition) is 1. The van der Waals surface area contributed by atoms with Crippen LogP contribution in [0.25, 0.3) is 5.57 Å². The van der Waals surface area contributed by atoms with Crippen LogP contribution in [-0.4, -0.2) is 35.8 Å². The van der Waals surface area contributed by atoms with Crippen LogP contribution in [0.5, 0.6) is 0 Å². The SMILES string of the molecule is COC(=O)/C(=C\C1CCCOS1)c1csc(NC(C)=O)n1. The number of carbonyl (C=O) groups is 2. The Hall–Kier alpha value is -1.38. The summed E-state index contributed by atoms with van der Waals surface area (Å²) in [6, 6.07) is 0. The number of ether oxygens (including phenoxy) is 1. The lowest BCUT2D eigenvalue weighted by molar-refractivity contribution is -0.133. The second kappa shape index (κ2) is 7.58. The van der Waals surface area contributed by atoms with Gasteiger partial charge in [0, 0.05) is 12.3 Å². The molecule has 1 aromatic heterocycles. The number of thiazole rings is 1. The molecule has 0 aromatic carbocycles. The third-order valence-electron chi connectivity index (χ3n) is 2.73. The van der Waals surface area contributed by atoms with Crippen molar-refractivity contribution in [2.75, 3.05) is 19.0 Å². The largest absolute Gasteiger partial charge is 0.465 e. The van der Waals surface area contributed by atoms with E-state index in [1.165, 1.54) is 37.4 Å². The van der Waals surface area contributed by atoms with Gasteiger partial charge in [0.1, 0.15) is 0 Å². The molecule has 0 radical (unpaired) electrons. The molecule has 2 heterocycles. The zero-order chi connectivity index (χ0) is 15.2. The van der Waals surface area contributed by atoms with Crippen LogP contribution in [0.3, 0.4) is 0 Å². The van der Waals surface area contributed by atoms with Crippen molar-refractivity contribution in [1.29, 1.82) is 0 Å². The molecule has 1 aliphatic heterocycles. The number of rotatable bonds is 4. The number of hydrogen-bond acceptors (Lipinski definition) is 7. The number of nitrogens with one attached hydrogen (secondary N) is 1. The first-order chi connectivity index (χ1) is 10.1. The van der Waals surface area contributed by atoms with Crippen molar-refractivity contribution in [2.24, 2.45) is 0 Å². The molecule has 8 heteroatoms. The highest BCUT2D eigenvalue weighted by Crippen LogP contribution is 2.29. The molecule has 1 unspecified atom stereocenters. The van der Waals surface area contributed by atoms with Gasteiger partial charge in [-0.15, -0.1) is 11.3 Å². The Kier molecular flexibility index (Phi) is 5.77. The van der Waals surface area contributed by atoms with E-state index in [4.69, 9.17) is 8.92 Å². The molecule has 6 nitrogen and oxygen atoms in total. The minimum Gasteiger partial charge on any atom is -0.465 e. The van der Waals surface area contributed by atoms with Gasteiger partial charge >= 0.3 is 5.97 Å².